The summed E-state index contributed by atoms with van der Waals surface area (Å²) in [6.07, 6.45) is 7.18. The second-order valence-corrected chi connectivity index (χ2v) is 8.95. The zero-order valence-corrected chi connectivity index (χ0v) is 19.2. The highest BCUT2D eigenvalue weighted by Crippen LogP contribution is 2.31. The van der Waals surface area contributed by atoms with Gasteiger partial charge in [0, 0.05) is 26.2 Å². The van der Waals surface area contributed by atoms with Crippen LogP contribution in [0.4, 0.5) is 0 Å². The average Bonchev–Trinajstić information content (AvgIpc) is 2.83. The van der Waals surface area contributed by atoms with Gasteiger partial charge in [0.1, 0.15) is 17.5 Å². The Hall–Kier alpha value is -3.16. The maximum absolute atomic E-state index is 13.5. The molecule has 8 nitrogen and oxygen atoms in total. The Morgan fingerprint density at radius 3 is 2.52 bits per heavy atom. The van der Waals surface area contributed by atoms with Crippen molar-refractivity contribution < 1.29 is 14.3 Å². The number of carbonyl (C=O) groups excluding carboxylic acids is 2. The standard InChI is InChI=1S/C25H32N4O4/c1-28-16-8-2-3-9-17-29(25(32)19-14-15-23(30)27-26-19)20-11-5-7-13-22(20)33-21-12-6-4-10-18(21)24(28)31/h4,6,10,12,14-15,20,22H,2-3,5,7-9,11,13,16-17H2,1H3,(H,27,30)/t20-,22+/m1/s1. The molecule has 2 aromatic rings. The number of hydrogen-bond donors (Lipinski definition) is 1. The monoisotopic (exact) mass is 452 g/mol. The molecule has 2 amide bonds. The van der Waals surface area contributed by atoms with Crippen molar-refractivity contribution in [2.45, 2.75) is 63.5 Å². The van der Waals surface area contributed by atoms with Crippen LogP contribution in [0.5, 0.6) is 5.75 Å². The number of fused-ring (bicyclic) bond motifs is 2. The number of H-pyrrole nitrogens is 1. The summed E-state index contributed by atoms with van der Waals surface area (Å²) in [7, 11) is 1.84. The number of rotatable bonds is 1. The van der Waals surface area contributed by atoms with Crippen LogP contribution < -0.4 is 10.3 Å². The van der Waals surface area contributed by atoms with Gasteiger partial charge in [0.25, 0.3) is 17.4 Å². The third-order valence-corrected chi connectivity index (χ3v) is 6.61. The third kappa shape index (κ3) is 5.43. The van der Waals surface area contributed by atoms with Crippen LogP contribution in [-0.2, 0) is 0 Å². The lowest BCUT2D eigenvalue weighted by molar-refractivity contribution is 0.0263. The van der Waals surface area contributed by atoms with Crippen molar-refractivity contribution in [3.63, 3.8) is 0 Å². The minimum atomic E-state index is -0.335. The van der Waals surface area contributed by atoms with E-state index < -0.39 is 0 Å². The first-order valence-corrected chi connectivity index (χ1v) is 11.9. The lowest BCUT2D eigenvalue weighted by Crippen LogP contribution is -2.51. The summed E-state index contributed by atoms with van der Waals surface area (Å²) in [5.41, 5.74) is 0.455. The number of aromatic nitrogens is 2. The van der Waals surface area contributed by atoms with Crippen LogP contribution >= 0.6 is 0 Å². The van der Waals surface area contributed by atoms with Crippen molar-refractivity contribution >= 4 is 11.8 Å². The zero-order chi connectivity index (χ0) is 23.2. The molecule has 1 fully saturated rings. The highest BCUT2D eigenvalue weighted by molar-refractivity contribution is 5.96. The summed E-state index contributed by atoms with van der Waals surface area (Å²) < 4.78 is 6.48. The molecule has 1 saturated carbocycles. The number of nitrogens with zero attached hydrogens (tertiary/aromatic N) is 3. The van der Waals surface area contributed by atoms with Crippen LogP contribution in [0.15, 0.2) is 41.2 Å². The first-order chi connectivity index (χ1) is 16.0. The fourth-order valence-electron chi connectivity index (χ4n) is 4.80. The van der Waals surface area contributed by atoms with Crippen molar-refractivity contribution in [2.24, 2.45) is 0 Å². The minimum absolute atomic E-state index is 0.0413. The Labute approximate surface area is 193 Å². The van der Waals surface area contributed by atoms with E-state index in [1.165, 1.54) is 12.1 Å². The van der Waals surface area contributed by atoms with E-state index in [-0.39, 0.29) is 35.2 Å². The summed E-state index contributed by atoms with van der Waals surface area (Å²) in [5, 5.41) is 6.35. The van der Waals surface area contributed by atoms with Gasteiger partial charge in [-0.05, 0) is 50.3 Å². The molecule has 0 saturated heterocycles. The number of amides is 2. The number of carbonyl (C=O) groups is 2. The molecule has 1 aliphatic heterocycles. The van der Waals surface area contributed by atoms with E-state index in [1.807, 2.05) is 36.2 Å². The van der Waals surface area contributed by atoms with Gasteiger partial charge in [0.05, 0.1) is 11.6 Å². The van der Waals surface area contributed by atoms with Crippen LogP contribution in [0.2, 0.25) is 0 Å². The Kier molecular flexibility index (Phi) is 7.42. The number of benzene rings is 1. The summed E-state index contributed by atoms with van der Waals surface area (Å²) >= 11 is 0. The molecule has 8 heteroatoms. The highest BCUT2D eigenvalue weighted by Gasteiger charge is 2.36. The Bertz CT molecular complexity index is 1020. The third-order valence-electron chi connectivity index (χ3n) is 6.61. The van der Waals surface area contributed by atoms with Gasteiger partial charge in [-0.1, -0.05) is 31.4 Å². The minimum Gasteiger partial charge on any atom is -0.487 e. The molecule has 1 N–H and O–H groups in total. The Morgan fingerprint density at radius 2 is 1.73 bits per heavy atom. The van der Waals surface area contributed by atoms with Gasteiger partial charge >= 0.3 is 0 Å². The van der Waals surface area contributed by atoms with Crippen LogP contribution in [0.1, 0.15) is 72.2 Å². The predicted molar refractivity (Wildman–Crippen MR) is 124 cm³/mol. The van der Waals surface area contributed by atoms with Gasteiger partial charge in [-0.3, -0.25) is 14.4 Å². The van der Waals surface area contributed by atoms with Crippen molar-refractivity contribution in [1.82, 2.24) is 20.0 Å². The van der Waals surface area contributed by atoms with Crippen LogP contribution in [0.25, 0.3) is 0 Å². The Morgan fingerprint density at radius 1 is 0.970 bits per heavy atom. The normalized spacial score (nSPS) is 22.5. The molecule has 0 spiro atoms. The number of aromatic amines is 1. The number of hydrogen-bond acceptors (Lipinski definition) is 5. The van der Waals surface area contributed by atoms with E-state index in [1.54, 1.807) is 4.90 Å². The van der Waals surface area contributed by atoms with Crippen molar-refractivity contribution in [3.05, 3.63) is 58.0 Å². The molecule has 0 radical (unpaired) electrons. The van der Waals surface area contributed by atoms with E-state index >= 15 is 0 Å². The topological polar surface area (TPSA) is 95.6 Å². The second kappa shape index (κ2) is 10.6. The van der Waals surface area contributed by atoms with Crippen LogP contribution in [-0.4, -0.2) is 64.1 Å². The average molecular weight is 453 g/mol. The molecule has 0 bridgehead atoms. The summed E-state index contributed by atoms with van der Waals surface area (Å²) in [6, 6.07) is 10.1. The zero-order valence-electron chi connectivity index (χ0n) is 19.2. The SMILES string of the molecule is CN1CCCCCCN(C(=O)c2ccc(=O)[nH]n2)[C@@H]2CCCC[C@@H]2Oc2ccccc2C1=O. The largest absolute Gasteiger partial charge is 0.487 e. The molecule has 4 rings (SSSR count). The molecule has 2 aliphatic rings. The van der Waals surface area contributed by atoms with Gasteiger partial charge < -0.3 is 14.5 Å². The van der Waals surface area contributed by atoms with Gasteiger partial charge in [-0.25, -0.2) is 5.10 Å². The van der Waals surface area contributed by atoms with E-state index in [0.29, 0.717) is 24.4 Å². The van der Waals surface area contributed by atoms with Gasteiger partial charge in [-0.2, -0.15) is 5.10 Å². The molecule has 1 aromatic carbocycles. The highest BCUT2D eigenvalue weighted by atomic mass is 16.5. The lowest BCUT2D eigenvalue weighted by Gasteiger charge is -2.40. The lowest BCUT2D eigenvalue weighted by atomic mass is 9.90. The smallest absolute Gasteiger partial charge is 0.274 e. The van der Waals surface area contributed by atoms with Gasteiger partial charge in [-0.15, -0.1) is 0 Å². The maximum Gasteiger partial charge on any atom is 0.274 e. The molecule has 33 heavy (non-hydrogen) atoms. The molecular weight excluding hydrogens is 420 g/mol. The van der Waals surface area contributed by atoms with Crippen LogP contribution in [0, 0.1) is 0 Å². The fraction of sp³-hybridized carbons (Fsp3) is 0.520. The van der Waals surface area contributed by atoms with Crippen LogP contribution in [0.3, 0.4) is 0 Å². The first-order valence-electron chi connectivity index (χ1n) is 11.9. The van der Waals surface area contributed by atoms with E-state index in [9.17, 15) is 14.4 Å². The van der Waals surface area contributed by atoms with E-state index in [4.69, 9.17) is 4.74 Å². The van der Waals surface area contributed by atoms with E-state index in [0.717, 1.165) is 51.4 Å². The molecule has 176 valence electrons. The summed E-state index contributed by atoms with van der Waals surface area (Å²) in [5.74, 6) is 0.334. The second-order valence-electron chi connectivity index (χ2n) is 8.95. The molecule has 2 heterocycles. The Balaban J connectivity index is 1.67. The van der Waals surface area contributed by atoms with Crippen molar-refractivity contribution in [2.75, 3.05) is 20.1 Å². The number of para-hydroxylation sites is 1. The van der Waals surface area contributed by atoms with Crippen molar-refractivity contribution in [1.29, 1.82) is 0 Å². The van der Waals surface area contributed by atoms with Gasteiger partial charge in [0.15, 0.2) is 0 Å². The number of ether oxygens (including phenoxy) is 1. The number of nitrogens with one attached hydrogen (secondary N) is 1. The van der Waals surface area contributed by atoms with E-state index in [2.05, 4.69) is 10.2 Å². The van der Waals surface area contributed by atoms with Crippen molar-refractivity contribution in [3.8, 4) is 5.75 Å². The molecule has 0 unspecified atom stereocenters. The fourth-order valence-corrected chi connectivity index (χ4v) is 4.80. The first kappa shape index (κ1) is 23.0. The molecule has 2 atom stereocenters. The van der Waals surface area contributed by atoms with Gasteiger partial charge in [0.2, 0.25) is 0 Å². The predicted octanol–water partition coefficient (Wildman–Crippen LogP) is 3.25. The molecule has 1 aromatic heterocycles. The molecular formula is C25H32N4O4. The quantitative estimate of drug-likeness (QED) is 0.717. The summed E-state index contributed by atoms with van der Waals surface area (Å²) in [4.78, 5) is 41.7. The summed E-state index contributed by atoms with van der Waals surface area (Å²) in [6.45, 7) is 1.30. The molecule has 1 aliphatic carbocycles. The maximum atomic E-state index is 13.5.